The molecule has 0 unspecified atom stereocenters. The zero-order valence-corrected chi connectivity index (χ0v) is 16.4. The lowest BCUT2D eigenvalue weighted by Crippen LogP contribution is -2.35. The summed E-state index contributed by atoms with van der Waals surface area (Å²) < 4.78 is 5.98. The van der Waals surface area contributed by atoms with E-state index in [2.05, 4.69) is 34.1 Å². The molecule has 0 aromatic heterocycles. The van der Waals surface area contributed by atoms with Crippen LogP contribution in [0.15, 0.2) is 42.5 Å². The van der Waals surface area contributed by atoms with E-state index in [0.29, 0.717) is 6.61 Å². The van der Waals surface area contributed by atoms with Gasteiger partial charge in [-0.15, -0.1) is 0 Å². The molecule has 144 valence electrons. The average Bonchev–Trinajstić information content (AvgIpc) is 2.87. The number of ether oxygens (including phenoxy) is 1. The van der Waals surface area contributed by atoms with E-state index in [1.165, 1.54) is 11.1 Å². The second-order valence-corrected chi connectivity index (χ2v) is 8.01. The molecule has 2 aromatic carbocycles. The minimum absolute atomic E-state index is 0.125. The van der Waals surface area contributed by atoms with Gasteiger partial charge in [0, 0.05) is 49.9 Å². The van der Waals surface area contributed by atoms with Gasteiger partial charge in [0.25, 0.3) is 0 Å². The van der Waals surface area contributed by atoms with Crippen molar-refractivity contribution in [3.05, 3.63) is 64.2 Å². The zero-order chi connectivity index (χ0) is 18.6. The van der Waals surface area contributed by atoms with Crippen LogP contribution in [-0.4, -0.2) is 47.3 Å². The van der Waals surface area contributed by atoms with Crippen molar-refractivity contribution in [2.24, 2.45) is 0 Å². The van der Waals surface area contributed by atoms with Crippen molar-refractivity contribution in [2.75, 3.05) is 26.2 Å². The Balaban J connectivity index is 1.45. The smallest absolute Gasteiger partial charge is 0.123 e. The van der Waals surface area contributed by atoms with Crippen molar-refractivity contribution >= 4 is 11.6 Å². The van der Waals surface area contributed by atoms with E-state index in [0.717, 1.165) is 68.4 Å². The van der Waals surface area contributed by atoms with Crippen molar-refractivity contribution < 1.29 is 9.84 Å². The predicted molar refractivity (Wildman–Crippen MR) is 108 cm³/mol. The van der Waals surface area contributed by atoms with Gasteiger partial charge in [-0.3, -0.25) is 9.80 Å². The Hall–Kier alpha value is -1.59. The molecule has 1 N–H and O–H groups in total. The van der Waals surface area contributed by atoms with Crippen LogP contribution in [0.4, 0.5) is 0 Å². The number of hydrogen-bond acceptors (Lipinski definition) is 4. The molecule has 5 heteroatoms. The fourth-order valence-electron chi connectivity index (χ4n) is 3.94. The number of rotatable bonds is 4. The van der Waals surface area contributed by atoms with Crippen LogP contribution in [0.3, 0.4) is 0 Å². The predicted octanol–water partition coefficient (Wildman–Crippen LogP) is 3.69. The Morgan fingerprint density at radius 2 is 1.81 bits per heavy atom. The Kier molecular flexibility index (Phi) is 5.98. The average molecular weight is 387 g/mol. The Morgan fingerprint density at radius 1 is 1.00 bits per heavy atom. The van der Waals surface area contributed by atoms with Gasteiger partial charge in [0.15, 0.2) is 0 Å². The molecule has 27 heavy (non-hydrogen) atoms. The van der Waals surface area contributed by atoms with Crippen LogP contribution >= 0.6 is 11.6 Å². The van der Waals surface area contributed by atoms with Gasteiger partial charge < -0.3 is 9.84 Å². The molecule has 4 rings (SSSR count). The van der Waals surface area contributed by atoms with Gasteiger partial charge in [0.2, 0.25) is 0 Å². The summed E-state index contributed by atoms with van der Waals surface area (Å²) in [7, 11) is 0. The number of hydrogen-bond donors (Lipinski definition) is 1. The van der Waals surface area contributed by atoms with Crippen molar-refractivity contribution in [1.29, 1.82) is 0 Å². The third-order valence-electron chi connectivity index (χ3n) is 5.50. The molecule has 1 saturated heterocycles. The van der Waals surface area contributed by atoms with Gasteiger partial charge in [0.1, 0.15) is 12.4 Å². The van der Waals surface area contributed by atoms with Gasteiger partial charge in [-0.25, -0.2) is 0 Å². The van der Waals surface area contributed by atoms with Crippen molar-refractivity contribution in [1.82, 2.24) is 9.80 Å². The number of halogens is 1. The van der Waals surface area contributed by atoms with E-state index >= 15 is 0 Å². The standard InChI is InChI=1S/C22H27ClN2O2/c23-21-4-2-1-3-18(21)15-25-11-12-27-22-6-5-17(13-19(22)16-25)14-24-9-7-20(26)8-10-24/h1-6,13,20,26H,7-12,14-16H2. The van der Waals surface area contributed by atoms with Gasteiger partial charge in [-0.05, 0) is 42.2 Å². The minimum Gasteiger partial charge on any atom is -0.492 e. The van der Waals surface area contributed by atoms with E-state index in [1.807, 2.05) is 18.2 Å². The summed E-state index contributed by atoms with van der Waals surface area (Å²) in [6.07, 6.45) is 1.62. The molecule has 2 heterocycles. The normalized spacial score (nSPS) is 19.3. The lowest BCUT2D eigenvalue weighted by molar-refractivity contribution is 0.0792. The molecule has 2 aliphatic heterocycles. The molecule has 4 nitrogen and oxygen atoms in total. The number of nitrogens with zero attached hydrogens (tertiary/aromatic N) is 2. The Labute approximate surface area is 166 Å². The molecule has 2 aromatic rings. The first kappa shape index (κ1) is 18.8. The van der Waals surface area contributed by atoms with Gasteiger partial charge in [-0.1, -0.05) is 35.9 Å². The fourth-order valence-corrected chi connectivity index (χ4v) is 4.13. The Bertz CT molecular complexity index is 775. The van der Waals surface area contributed by atoms with Crippen LogP contribution in [0.5, 0.6) is 5.75 Å². The molecule has 0 atom stereocenters. The summed E-state index contributed by atoms with van der Waals surface area (Å²) in [5, 5.41) is 10.5. The molecule has 1 fully saturated rings. The van der Waals surface area contributed by atoms with E-state index < -0.39 is 0 Å². The van der Waals surface area contributed by atoms with Crippen LogP contribution in [0.25, 0.3) is 0 Å². The first-order valence-electron chi connectivity index (χ1n) is 9.78. The quantitative estimate of drug-likeness (QED) is 0.869. The molecule has 0 spiro atoms. The molecule has 2 aliphatic rings. The maximum atomic E-state index is 9.69. The van der Waals surface area contributed by atoms with Crippen molar-refractivity contribution in [3.63, 3.8) is 0 Å². The SMILES string of the molecule is OC1CCN(Cc2ccc3c(c2)CN(Cc2ccccc2Cl)CCO3)CC1. The highest BCUT2D eigenvalue weighted by molar-refractivity contribution is 6.31. The molecule has 0 saturated carbocycles. The van der Waals surface area contributed by atoms with E-state index in [4.69, 9.17) is 16.3 Å². The van der Waals surface area contributed by atoms with Crippen molar-refractivity contribution in [2.45, 2.75) is 38.6 Å². The van der Waals surface area contributed by atoms with Crippen LogP contribution in [0, 0.1) is 0 Å². The fraction of sp³-hybridized carbons (Fsp3) is 0.455. The van der Waals surface area contributed by atoms with Crippen molar-refractivity contribution in [3.8, 4) is 5.75 Å². The summed E-state index contributed by atoms with van der Waals surface area (Å²) in [6.45, 7) is 6.15. The number of aliphatic hydroxyl groups is 1. The number of piperidine rings is 1. The molecule has 0 amide bonds. The highest BCUT2D eigenvalue weighted by Crippen LogP contribution is 2.27. The lowest BCUT2D eigenvalue weighted by atomic mass is 10.0. The summed E-state index contributed by atoms with van der Waals surface area (Å²) in [6, 6.07) is 14.6. The number of fused-ring (bicyclic) bond motifs is 1. The summed E-state index contributed by atoms with van der Waals surface area (Å²) >= 11 is 6.35. The second kappa shape index (κ2) is 8.61. The molecular formula is C22H27ClN2O2. The van der Waals surface area contributed by atoms with E-state index in [1.54, 1.807) is 0 Å². The highest BCUT2D eigenvalue weighted by atomic mass is 35.5. The second-order valence-electron chi connectivity index (χ2n) is 7.60. The monoisotopic (exact) mass is 386 g/mol. The Morgan fingerprint density at radius 3 is 2.63 bits per heavy atom. The van der Waals surface area contributed by atoms with Crippen LogP contribution in [0.2, 0.25) is 5.02 Å². The van der Waals surface area contributed by atoms with Crippen LogP contribution < -0.4 is 4.74 Å². The third-order valence-corrected chi connectivity index (χ3v) is 5.87. The molecule has 0 aliphatic carbocycles. The molecule has 0 bridgehead atoms. The summed E-state index contributed by atoms with van der Waals surface area (Å²) in [5.74, 6) is 0.995. The summed E-state index contributed by atoms with van der Waals surface area (Å²) in [4.78, 5) is 4.82. The van der Waals surface area contributed by atoms with Gasteiger partial charge in [-0.2, -0.15) is 0 Å². The maximum absolute atomic E-state index is 9.69. The summed E-state index contributed by atoms with van der Waals surface area (Å²) in [5.41, 5.74) is 3.72. The highest BCUT2D eigenvalue weighted by Gasteiger charge is 2.19. The first-order chi connectivity index (χ1) is 13.2. The van der Waals surface area contributed by atoms with E-state index in [9.17, 15) is 5.11 Å². The number of aliphatic hydroxyl groups excluding tert-OH is 1. The largest absolute Gasteiger partial charge is 0.492 e. The molecular weight excluding hydrogens is 360 g/mol. The van der Waals surface area contributed by atoms with Gasteiger partial charge >= 0.3 is 0 Å². The maximum Gasteiger partial charge on any atom is 0.123 e. The number of benzene rings is 2. The third kappa shape index (κ3) is 4.82. The minimum atomic E-state index is -0.125. The van der Waals surface area contributed by atoms with Gasteiger partial charge in [0.05, 0.1) is 6.10 Å². The van der Waals surface area contributed by atoms with E-state index in [-0.39, 0.29) is 6.10 Å². The first-order valence-corrected chi connectivity index (χ1v) is 10.2. The number of likely N-dealkylation sites (tertiary alicyclic amines) is 1. The lowest BCUT2D eigenvalue weighted by Gasteiger charge is -2.29. The zero-order valence-electron chi connectivity index (χ0n) is 15.6. The van der Waals surface area contributed by atoms with Crippen LogP contribution in [0.1, 0.15) is 29.5 Å². The topological polar surface area (TPSA) is 35.9 Å². The molecule has 0 radical (unpaired) electrons. The van der Waals surface area contributed by atoms with Crippen LogP contribution in [-0.2, 0) is 19.6 Å².